The number of nitrogens with zero attached hydrogens (tertiary/aromatic N) is 1. The van der Waals surface area contributed by atoms with Crippen molar-refractivity contribution in [3.8, 4) is 0 Å². The minimum atomic E-state index is -0.0901. The summed E-state index contributed by atoms with van der Waals surface area (Å²) in [7, 11) is 2.09. The Balaban J connectivity index is 3.74. The fourth-order valence-electron chi connectivity index (χ4n) is 1.12. The molecule has 0 saturated heterocycles. The Bertz CT molecular complexity index is 180. The van der Waals surface area contributed by atoms with E-state index in [9.17, 15) is 4.79 Å². The summed E-state index contributed by atoms with van der Waals surface area (Å²) in [6.45, 7) is 7.50. The third kappa shape index (κ3) is 4.58. The highest BCUT2D eigenvalue weighted by molar-refractivity contribution is 5.75. The van der Waals surface area contributed by atoms with Gasteiger partial charge in [0.15, 0.2) is 0 Å². The highest BCUT2D eigenvalue weighted by Gasteiger charge is 2.20. The first kappa shape index (κ1) is 13.4. The molecule has 0 spiro atoms. The first-order valence-electron chi connectivity index (χ1n) is 5.14. The molecule has 0 aromatic heterocycles. The van der Waals surface area contributed by atoms with Gasteiger partial charge in [0.2, 0.25) is 5.91 Å². The van der Waals surface area contributed by atoms with E-state index in [1.54, 1.807) is 0 Å². The number of hydrogen-bond donors (Lipinski definition) is 2. The van der Waals surface area contributed by atoms with Crippen LogP contribution in [0.1, 0.15) is 40.0 Å². The maximum Gasteiger partial charge on any atom is 0.233 e. The Hall–Kier alpha value is -0.610. The molecule has 4 heteroatoms. The molecule has 1 amide bonds. The summed E-state index contributed by atoms with van der Waals surface area (Å²) in [6, 6.07) is 0. The van der Waals surface area contributed by atoms with Crippen LogP contribution in [0.2, 0.25) is 0 Å². The van der Waals surface area contributed by atoms with Gasteiger partial charge in [-0.3, -0.25) is 10.2 Å². The molecule has 0 aliphatic rings. The number of hydrazine groups is 1. The maximum atomic E-state index is 10.9. The molecule has 0 aliphatic carbocycles. The molecule has 0 saturated carbocycles. The lowest BCUT2D eigenvalue weighted by Crippen LogP contribution is -2.41. The van der Waals surface area contributed by atoms with Gasteiger partial charge in [-0.2, -0.15) is 0 Å². The zero-order valence-electron chi connectivity index (χ0n) is 9.76. The van der Waals surface area contributed by atoms with Gasteiger partial charge in [0.25, 0.3) is 0 Å². The maximum absolute atomic E-state index is 10.9. The molecule has 0 unspecified atom stereocenters. The van der Waals surface area contributed by atoms with Crippen molar-refractivity contribution in [2.24, 2.45) is 5.84 Å². The van der Waals surface area contributed by atoms with E-state index in [-0.39, 0.29) is 11.4 Å². The van der Waals surface area contributed by atoms with Crippen LogP contribution in [0.3, 0.4) is 0 Å². The van der Waals surface area contributed by atoms with Crippen LogP contribution >= 0.6 is 0 Å². The molecule has 0 bridgehead atoms. The van der Waals surface area contributed by atoms with E-state index in [0.717, 1.165) is 19.4 Å². The van der Waals surface area contributed by atoms with Crippen LogP contribution in [0, 0.1) is 0 Å². The van der Waals surface area contributed by atoms with Crippen molar-refractivity contribution >= 4 is 5.91 Å². The zero-order valence-corrected chi connectivity index (χ0v) is 9.76. The van der Waals surface area contributed by atoms with Gasteiger partial charge in [0.1, 0.15) is 0 Å². The standard InChI is InChI=1S/C10H23N3O/c1-5-10(2,3)13(4)8-6-7-9(14)12-11/h5-8,11H2,1-4H3,(H,12,14). The summed E-state index contributed by atoms with van der Waals surface area (Å²) in [5.74, 6) is 4.90. The largest absolute Gasteiger partial charge is 0.301 e. The topological polar surface area (TPSA) is 58.4 Å². The molecule has 0 aromatic carbocycles. The minimum Gasteiger partial charge on any atom is -0.301 e. The van der Waals surface area contributed by atoms with Gasteiger partial charge in [0.05, 0.1) is 0 Å². The van der Waals surface area contributed by atoms with Crippen molar-refractivity contribution in [1.82, 2.24) is 10.3 Å². The summed E-state index contributed by atoms with van der Waals surface area (Å²) >= 11 is 0. The van der Waals surface area contributed by atoms with Crippen LogP contribution in [0.25, 0.3) is 0 Å². The molecule has 14 heavy (non-hydrogen) atoms. The SMILES string of the molecule is CCC(C)(C)N(C)CCCC(=O)NN. The molecule has 0 fully saturated rings. The van der Waals surface area contributed by atoms with Gasteiger partial charge in [-0.05, 0) is 40.3 Å². The third-order valence-electron chi connectivity index (χ3n) is 2.96. The number of carbonyl (C=O) groups is 1. The minimum absolute atomic E-state index is 0.0901. The molecule has 0 radical (unpaired) electrons. The summed E-state index contributed by atoms with van der Waals surface area (Å²) in [4.78, 5) is 13.1. The molecule has 0 atom stereocenters. The van der Waals surface area contributed by atoms with Crippen molar-refractivity contribution in [3.05, 3.63) is 0 Å². The van der Waals surface area contributed by atoms with Crippen LogP contribution in [0.15, 0.2) is 0 Å². The van der Waals surface area contributed by atoms with Crippen molar-refractivity contribution in [3.63, 3.8) is 0 Å². The second-order valence-corrected chi connectivity index (χ2v) is 4.26. The quantitative estimate of drug-likeness (QED) is 0.381. The smallest absolute Gasteiger partial charge is 0.233 e. The monoisotopic (exact) mass is 201 g/mol. The molecule has 0 aromatic rings. The van der Waals surface area contributed by atoms with E-state index in [2.05, 4.69) is 38.1 Å². The van der Waals surface area contributed by atoms with Gasteiger partial charge in [-0.1, -0.05) is 6.92 Å². The first-order valence-corrected chi connectivity index (χ1v) is 5.14. The fraction of sp³-hybridized carbons (Fsp3) is 0.900. The van der Waals surface area contributed by atoms with Crippen molar-refractivity contribution in [2.75, 3.05) is 13.6 Å². The normalized spacial score (nSPS) is 11.9. The fourth-order valence-corrected chi connectivity index (χ4v) is 1.12. The lowest BCUT2D eigenvalue weighted by Gasteiger charge is -2.34. The van der Waals surface area contributed by atoms with Gasteiger partial charge >= 0.3 is 0 Å². The second-order valence-electron chi connectivity index (χ2n) is 4.26. The Morgan fingerprint density at radius 1 is 1.50 bits per heavy atom. The number of nitrogens with two attached hydrogens (primary N) is 1. The molecule has 3 N–H and O–H groups in total. The van der Waals surface area contributed by atoms with Crippen LogP contribution < -0.4 is 11.3 Å². The van der Waals surface area contributed by atoms with Gasteiger partial charge in [0, 0.05) is 12.0 Å². The highest BCUT2D eigenvalue weighted by Crippen LogP contribution is 2.16. The predicted molar refractivity (Wildman–Crippen MR) is 58.6 cm³/mol. The molecule has 0 rings (SSSR count). The number of carbonyl (C=O) groups excluding carboxylic acids is 1. The molecule has 84 valence electrons. The van der Waals surface area contributed by atoms with Crippen molar-refractivity contribution in [2.45, 2.75) is 45.6 Å². The number of nitrogens with one attached hydrogen (secondary N) is 1. The third-order valence-corrected chi connectivity index (χ3v) is 2.96. The predicted octanol–water partition coefficient (Wildman–Crippen LogP) is 0.877. The summed E-state index contributed by atoms with van der Waals surface area (Å²) in [5, 5.41) is 0. The molecule has 4 nitrogen and oxygen atoms in total. The van der Waals surface area contributed by atoms with Crippen LogP contribution in [-0.4, -0.2) is 29.9 Å². The molecular formula is C10H23N3O. The zero-order chi connectivity index (χ0) is 11.2. The molecule has 0 aliphatic heterocycles. The number of hydrogen-bond acceptors (Lipinski definition) is 3. The average Bonchev–Trinajstić information content (AvgIpc) is 2.17. The van der Waals surface area contributed by atoms with E-state index in [0.29, 0.717) is 6.42 Å². The number of rotatable bonds is 6. The van der Waals surface area contributed by atoms with Gasteiger partial charge < -0.3 is 4.90 Å². The lowest BCUT2D eigenvalue weighted by atomic mass is 10.00. The summed E-state index contributed by atoms with van der Waals surface area (Å²) < 4.78 is 0. The lowest BCUT2D eigenvalue weighted by molar-refractivity contribution is -0.121. The highest BCUT2D eigenvalue weighted by atomic mass is 16.2. The van der Waals surface area contributed by atoms with E-state index >= 15 is 0 Å². The van der Waals surface area contributed by atoms with Crippen LogP contribution in [0.5, 0.6) is 0 Å². The Kier molecular flexibility index (Phi) is 5.72. The Morgan fingerprint density at radius 3 is 2.50 bits per heavy atom. The van der Waals surface area contributed by atoms with Crippen LogP contribution in [0.4, 0.5) is 0 Å². The van der Waals surface area contributed by atoms with Crippen LogP contribution in [-0.2, 0) is 4.79 Å². The summed E-state index contributed by atoms with van der Waals surface area (Å²) in [6.07, 6.45) is 2.45. The average molecular weight is 201 g/mol. The molecular weight excluding hydrogens is 178 g/mol. The first-order chi connectivity index (χ1) is 6.44. The Morgan fingerprint density at radius 2 is 2.07 bits per heavy atom. The van der Waals surface area contributed by atoms with E-state index in [1.165, 1.54) is 0 Å². The van der Waals surface area contributed by atoms with Gasteiger partial charge in [-0.25, -0.2) is 5.84 Å². The van der Waals surface area contributed by atoms with E-state index in [4.69, 9.17) is 5.84 Å². The Labute approximate surface area is 86.8 Å². The van der Waals surface area contributed by atoms with Crippen molar-refractivity contribution in [1.29, 1.82) is 0 Å². The van der Waals surface area contributed by atoms with E-state index in [1.807, 2.05) is 0 Å². The molecule has 0 heterocycles. The van der Waals surface area contributed by atoms with Gasteiger partial charge in [-0.15, -0.1) is 0 Å². The van der Waals surface area contributed by atoms with E-state index < -0.39 is 0 Å². The number of amides is 1. The second kappa shape index (κ2) is 5.98. The van der Waals surface area contributed by atoms with Crippen molar-refractivity contribution < 1.29 is 4.79 Å². The summed E-state index contributed by atoms with van der Waals surface area (Å²) in [5.41, 5.74) is 2.34.